The Morgan fingerprint density at radius 2 is 1.83 bits per heavy atom. The van der Waals surface area contributed by atoms with Gasteiger partial charge in [0.25, 0.3) is 0 Å². The van der Waals surface area contributed by atoms with Gasteiger partial charge >= 0.3 is 0 Å². The number of amides is 3. The quantitative estimate of drug-likeness (QED) is 0.283. The van der Waals surface area contributed by atoms with E-state index in [0.29, 0.717) is 25.1 Å². The summed E-state index contributed by atoms with van der Waals surface area (Å²) in [4.78, 5) is 60.0. The number of nitrogens with two attached hydrogens (primary N) is 1. The van der Waals surface area contributed by atoms with Crippen molar-refractivity contribution in [3.05, 3.63) is 52.8 Å². The van der Waals surface area contributed by atoms with E-state index >= 15 is 0 Å². The van der Waals surface area contributed by atoms with Crippen LogP contribution in [0.4, 0.5) is 0 Å². The molecule has 0 radical (unpaired) electrons. The Balaban J connectivity index is 1.85. The lowest BCUT2D eigenvalue weighted by atomic mass is 9.89. The molecule has 0 spiro atoms. The van der Waals surface area contributed by atoms with E-state index in [0.717, 1.165) is 21.7 Å². The molecule has 1 aliphatic heterocycles. The molecule has 3 amide bonds. The van der Waals surface area contributed by atoms with E-state index in [1.165, 1.54) is 11.0 Å². The zero-order valence-electron chi connectivity index (χ0n) is 25.1. The third kappa shape index (κ3) is 8.48. The monoisotopic (exact) mass is 581 g/mol. The van der Waals surface area contributed by atoms with Crippen LogP contribution >= 0.6 is 11.3 Å². The fraction of sp³-hybridized carbons (Fsp3) is 0.516. The Morgan fingerprint density at radius 1 is 1.17 bits per heavy atom. The van der Waals surface area contributed by atoms with Crippen LogP contribution in [-0.2, 0) is 19.2 Å². The van der Waals surface area contributed by atoms with Crippen LogP contribution < -0.4 is 16.4 Å². The van der Waals surface area contributed by atoms with E-state index in [4.69, 9.17) is 5.73 Å². The molecule has 4 N–H and O–H groups in total. The predicted molar refractivity (Wildman–Crippen MR) is 162 cm³/mol. The van der Waals surface area contributed by atoms with Crippen LogP contribution in [0.1, 0.15) is 78.1 Å². The van der Waals surface area contributed by atoms with Gasteiger partial charge in [0.1, 0.15) is 12.0 Å². The standard InChI is InChI=1S/C31H43N5O4S/c1-18(2)27(25(37)15-19(3)32)30(40)36-14-8-9-24(36)29(39)34-23(16-26(38)35-31(5,6)7)21-10-12-22(13-11-21)28-20(4)33-17-41-28/h10-13,15,17-18,23-24,27H,8-9,14,16,32H2,1-7H3,(H,34,39)(H,35,38)/t23?,24-,27?/m0/s1. The van der Waals surface area contributed by atoms with E-state index < -0.39 is 23.5 Å². The van der Waals surface area contributed by atoms with Gasteiger partial charge in [-0.3, -0.25) is 19.2 Å². The molecule has 1 aliphatic rings. The smallest absolute Gasteiger partial charge is 0.243 e. The Labute approximate surface area is 247 Å². The number of hydrogen-bond donors (Lipinski definition) is 3. The molecular weight excluding hydrogens is 538 g/mol. The van der Waals surface area contributed by atoms with Gasteiger partial charge in [-0.15, -0.1) is 11.3 Å². The van der Waals surface area contributed by atoms with Crippen LogP contribution in [0.2, 0.25) is 0 Å². The van der Waals surface area contributed by atoms with Crippen LogP contribution in [0, 0.1) is 18.8 Å². The molecule has 10 heteroatoms. The third-order valence-corrected chi connectivity index (χ3v) is 7.97. The number of carbonyl (C=O) groups excluding carboxylic acids is 4. The van der Waals surface area contributed by atoms with Crippen molar-refractivity contribution in [1.82, 2.24) is 20.5 Å². The highest BCUT2D eigenvalue weighted by molar-refractivity contribution is 7.13. The summed E-state index contributed by atoms with van der Waals surface area (Å²) in [7, 11) is 0. The van der Waals surface area contributed by atoms with Gasteiger partial charge in [-0.1, -0.05) is 38.1 Å². The van der Waals surface area contributed by atoms with Crippen LogP contribution in [0.3, 0.4) is 0 Å². The van der Waals surface area contributed by atoms with Crippen LogP contribution in [0.5, 0.6) is 0 Å². The molecule has 0 bridgehead atoms. The first-order valence-electron chi connectivity index (χ1n) is 14.1. The maximum atomic E-state index is 13.7. The van der Waals surface area contributed by atoms with E-state index in [1.807, 2.05) is 65.8 Å². The normalized spacial score (nSPS) is 17.3. The average Bonchev–Trinajstić information content (AvgIpc) is 3.51. The molecule has 9 nitrogen and oxygen atoms in total. The molecule has 1 saturated heterocycles. The number of ketones is 1. The van der Waals surface area contributed by atoms with E-state index in [2.05, 4.69) is 15.6 Å². The number of benzene rings is 1. The molecule has 3 atom stereocenters. The summed E-state index contributed by atoms with van der Waals surface area (Å²) in [6.45, 7) is 13.3. The number of likely N-dealkylation sites (tertiary alicyclic amines) is 1. The first-order chi connectivity index (χ1) is 19.2. The second kappa shape index (κ2) is 13.4. The number of nitrogens with zero attached hydrogens (tertiary/aromatic N) is 2. The van der Waals surface area contributed by atoms with Gasteiger partial charge in [-0.2, -0.15) is 0 Å². The van der Waals surface area contributed by atoms with Gasteiger partial charge in [-0.25, -0.2) is 4.98 Å². The number of rotatable bonds is 10. The highest BCUT2D eigenvalue weighted by Gasteiger charge is 2.41. The largest absolute Gasteiger partial charge is 0.402 e. The first kappa shape index (κ1) is 32.0. The average molecular weight is 582 g/mol. The van der Waals surface area contributed by atoms with Crippen molar-refractivity contribution in [2.24, 2.45) is 17.6 Å². The molecule has 222 valence electrons. The minimum atomic E-state index is -0.919. The van der Waals surface area contributed by atoms with Gasteiger partial charge in [0.15, 0.2) is 5.78 Å². The van der Waals surface area contributed by atoms with Crippen molar-refractivity contribution < 1.29 is 19.2 Å². The molecule has 2 aromatic rings. The highest BCUT2D eigenvalue weighted by atomic mass is 32.1. The number of nitrogens with one attached hydrogen (secondary N) is 2. The number of carbonyl (C=O) groups is 4. The zero-order valence-corrected chi connectivity index (χ0v) is 25.9. The minimum Gasteiger partial charge on any atom is -0.402 e. The van der Waals surface area contributed by atoms with Crippen LogP contribution in [0.25, 0.3) is 10.4 Å². The summed E-state index contributed by atoms with van der Waals surface area (Å²) in [6.07, 6.45) is 2.45. The Bertz CT molecular complexity index is 1290. The Morgan fingerprint density at radius 3 is 2.37 bits per heavy atom. The van der Waals surface area contributed by atoms with Crippen molar-refractivity contribution in [1.29, 1.82) is 0 Å². The molecule has 2 heterocycles. The molecule has 2 unspecified atom stereocenters. The summed E-state index contributed by atoms with van der Waals surface area (Å²) < 4.78 is 0. The summed E-state index contributed by atoms with van der Waals surface area (Å²) in [5.41, 5.74) is 10.1. The molecule has 0 saturated carbocycles. The SMILES string of the molecule is CC(N)=CC(=O)C(C(=O)N1CCC[C@H]1C(=O)NC(CC(=O)NC(C)(C)C)c1ccc(-c2scnc2C)cc1)C(C)C. The number of hydrogen-bond acceptors (Lipinski definition) is 7. The Hall–Kier alpha value is -3.53. The van der Waals surface area contributed by atoms with Gasteiger partial charge in [-0.05, 0) is 64.5 Å². The maximum Gasteiger partial charge on any atom is 0.243 e. The molecule has 3 rings (SSSR count). The van der Waals surface area contributed by atoms with Gasteiger partial charge < -0.3 is 21.3 Å². The lowest BCUT2D eigenvalue weighted by molar-refractivity contribution is -0.146. The fourth-order valence-corrected chi connectivity index (χ4v) is 5.96. The van der Waals surface area contributed by atoms with Crippen molar-refractivity contribution in [3.63, 3.8) is 0 Å². The van der Waals surface area contributed by atoms with Crippen LogP contribution in [-0.4, -0.2) is 51.5 Å². The second-order valence-electron chi connectivity index (χ2n) is 12.2. The number of thiazole rings is 1. The predicted octanol–water partition coefficient (Wildman–Crippen LogP) is 4.28. The molecule has 41 heavy (non-hydrogen) atoms. The van der Waals surface area contributed by atoms with Crippen molar-refractivity contribution in [2.75, 3.05) is 6.54 Å². The lowest BCUT2D eigenvalue weighted by Gasteiger charge is -2.30. The van der Waals surface area contributed by atoms with E-state index in [9.17, 15) is 19.2 Å². The second-order valence-corrected chi connectivity index (χ2v) is 13.0. The van der Waals surface area contributed by atoms with E-state index in [1.54, 1.807) is 23.8 Å². The molecule has 1 aromatic carbocycles. The number of aromatic nitrogens is 1. The minimum absolute atomic E-state index is 0.0380. The highest BCUT2D eigenvalue weighted by Crippen LogP contribution is 2.30. The van der Waals surface area contributed by atoms with Crippen molar-refractivity contribution in [2.45, 2.75) is 85.4 Å². The molecule has 0 aliphatic carbocycles. The molecule has 1 fully saturated rings. The molecular formula is C31H43N5O4S. The zero-order chi connectivity index (χ0) is 30.5. The maximum absolute atomic E-state index is 13.7. The first-order valence-corrected chi connectivity index (χ1v) is 15.0. The van der Waals surface area contributed by atoms with Crippen LogP contribution in [0.15, 0.2) is 41.5 Å². The van der Waals surface area contributed by atoms with Crippen molar-refractivity contribution in [3.8, 4) is 10.4 Å². The fourth-order valence-electron chi connectivity index (χ4n) is 5.15. The van der Waals surface area contributed by atoms with Gasteiger partial charge in [0.2, 0.25) is 17.7 Å². The lowest BCUT2D eigenvalue weighted by Crippen LogP contribution is -2.51. The summed E-state index contributed by atoms with van der Waals surface area (Å²) in [5, 5.41) is 6.02. The van der Waals surface area contributed by atoms with Crippen molar-refractivity contribution >= 4 is 34.8 Å². The summed E-state index contributed by atoms with van der Waals surface area (Å²) >= 11 is 1.56. The number of allylic oxidation sites excluding steroid dienone is 2. The summed E-state index contributed by atoms with van der Waals surface area (Å²) in [6, 6.07) is 6.42. The van der Waals surface area contributed by atoms with Gasteiger partial charge in [0.05, 0.1) is 28.5 Å². The van der Waals surface area contributed by atoms with Gasteiger partial charge in [0, 0.05) is 23.9 Å². The Kier molecular flexibility index (Phi) is 10.5. The topological polar surface area (TPSA) is 134 Å². The van der Waals surface area contributed by atoms with E-state index in [-0.39, 0.29) is 35.8 Å². The molecule has 1 aromatic heterocycles. The summed E-state index contributed by atoms with van der Waals surface area (Å²) in [5.74, 6) is -2.44. The third-order valence-electron chi connectivity index (χ3n) is 6.99. The number of aryl methyl sites for hydroxylation is 1.